The van der Waals surface area contributed by atoms with Crippen molar-refractivity contribution in [2.45, 2.75) is 20.3 Å². The number of H-pyrrole nitrogens is 1. The van der Waals surface area contributed by atoms with E-state index in [1.54, 1.807) is 0 Å². The summed E-state index contributed by atoms with van der Waals surface area (Å²) in [6.07, 6.45) is 0.997. The molecule has 4 heteroatoms. The lowest BCUT2D eigenvalue weighted by Crippen LogP contribution is -2.20. The summed E-state index contributed by atoms with van der Waals surface area (Å²) < 4.78 is 0. The maximum absolute atomic E-state index is 12.7. The van der Waals surface area contributed by atoms with Crippen molar-refractivity contribution in [3.05, 3.63) is 83.9 Å². The summed E-state index contributed by atoms with van der Waals surface area (Å²) in [6, 6.07) is 23.9. The van der Waals surface area contributed by atoms with E-state index in [1.807, 2.05) is 55.5 Å². The lowest BCUT2D eigenvalue weighted by molar-refractivity contribution is 0.262. The molecule has 0 unspecified atom stereocenters. The molecule has 1 aromatic heterocycles. The first-order valence-electron chi connectivity index (χ1n) is 9.49. The highest BCUT2D eigenvalue weighted by Crippen LogP contribution is 2.35. The molecule has 0 saturated carbocycles. The van der Waals surface area contributed by atoms with Gasteiger partial charge in [-0.15, -0.1) is 0 Å². The van der Waals surface area contributed by atoms with Crippen LogP contribution in [0.2, 0.25) is 0 Å². The minimum atomic E-state index is -0.259. The van der Waals surface area contributed by atoms with E-state index in [0.29, 0.717) is 0 Å². The van der Waals surface area contributed by atoms with Gasteiger partial charge in [-0.3, -0.25) is 0 Å². The molecule has 140 valence electrons. The molecule has 28 heavy (non-hydrogen) atoms. The second-order valence-electron chi connectivity index (χ2n) is 6.87. The summed E-state index contributed by atoms with van der Waals surface area (Å²) in [7, 11) is 0. The van der Waals surface area contributed by atoms with Gasteiger partial charge in [0.25, 0.3) is 0 Å². The van der Waals surface area contributed by atoms with Crippen molar-refractivity contribution in [1.82, 2.24) is 4.98 Å². The number of hydrogen-bond donors (Lipinski definition) is 3. The fourth-order valence-corrected chi connectivity index (χ4v) is 3.38. The predicted molar refractivity (Wildman–Crippen MR) is 117 cm³/mol. The summed E-state index contributed by atoms with van der Waals surface area (Å²) >= 11 is 0. The van der Waals surface area contributed by atoms with E-state index in [0.717, 1.165) is 45.5 Å². The van der Waals surface area contributed by atoms with Gasteiger partial charge in [0.2, 0.25) is 0 Å². The minimum absolute atomic E-state index is 0.259. The van der Waals surface area contributed by atoms with Crippen molar-refractivity contribution in [3.8, 4) is 11.3 Å². The van der Waals surface area contributed by atoms with Gasteiger partial charge in [0, 0.05) is 22.2 Å². The van der Waals surface area contributed by atoms with Gasteiger partial charge in [0.1, 0.15) is 0 Å². The third kappa shape index (κ3) is 3.49. The molecule has 0 fully saturated rings. The number of amides is 2. The van der Waals surface area contributed by atoms with Gasteiger partial charge in [0.15, 0.2) is 0 Å². The molecule has 2 amide bonds. The standard InChI is InChI=1S/C24H23N3O/c1-3-17-12-14-18(15-13-17)22-23(19-9-5-7-11-21(19)25-22)27-24(28)26-20-10-6-4-8-16(20)2/h4-15,25H,3H2,1-2H3,(H2,26,27,28). The number of fused-ring (bicyclic) bond motifs is 1. The average Bonchev–Trinajstić information content (AvgIpc) is 3.08. The molecule has 0 aliphatic rings. The Kier molecular flexibility index (Phi) is 4.85. The van der Waals surface area contributed by atoms with Gasteiger partial charge in [0.05, 0.1) is 11.4 Å². The summed E-state index contributed by atoms with van der Waals surface area (Å²) in [5.41, 5.74) is 6.82. The highest BCUT2D eigenvalue weighted by atomic mass is 16.2. The quantitative estimate of drug-likeness (QED) is 0.386. The Morgan fingerprint density at radius 3 is 2.36 bits per heavy atom. The summed E-state index contributed by atoms with van der Waals surface area (Å²) in [5.74, 6) is 0. The number of aromatic nitrogens is 1. The van der Waals surface area contributed by atoms with Gasteiger partial charge in [-0.05, 0) is 36.6 Å². The van der Waals surface area contributed by atoms with Gasteiger partial charge in [-0.1, -0.05) is 67.6 Å². The molecule has 0 bridgehead atoms. The maximum Gasteiger partial charge on any atom is 0.323 e. The van der Waals surface area contributed by atoms with Crippen molar-refractivity contribution in [1.29, 1.82) is 0 Å². The number of aryl methyl sites for hydroxylation is 2. The summed E-state index contributed by atoms with van der Waals surface area (Å²) in [5, 5.41) is 6.98. The lowest BCUT2D eigenvalue weighted by Gasteiger charge is -2.11. The fraction of sp³-hybridized carbons (Fsp3) is 0.125. The minimum Gasteiger partial charge on any atom is -0.353 e. The van der Waals surface area contributed by atoms with E-state index in [1.165, 1.54) is 5.56 Å². The predicted octanol–water partition coefficient (Wildman–Crippen LogP) is 6.35. The number of urea groups is 1. The lowest BCUT2D eigenvalue weighted by atomic mass is 10.1. The van der Waals surface area contributed by atoms with Gasteiger partial charge in [-0.2, -0.15) is 0 Å². The molecule has 0 saturated heterocycles. The Hall–Kier alpha value is -3.53. The molecule has 3 N–H and O–H groups in total. The molecule has 4 rings (SSSR count). The zero-order valence-corrected chi connectivity index (χ0v) is 16.0. The van der Waals surface area contributed by atoms with Crippen LogP contribution in [-0.4, -0.2) is 11.0 Å². The number of para-hydroxylation sites is 2. The number of rotatable bonds is 4. The van der Waals surface area contributed by atoms with Crippen molar-refractivity contribution >= 4 is 28.3 Å². The van der Waals surface area contributed by atoms with Gasteiger partial charge < -0.3 is 15.6 Å². The molecule has 0 radical (unpaired) electrons. The maximum atomic E-state index is 12.7. The number of carbonyl (C=O) groups is 1. The number of nitrogens with one attached hydrogen (secondary N) is 3. The van der Waals surface area contributed by atoms with E-state index in [2.05, 4.69) is 46.8 Å². The Morgan fingerprint density at radius 1 is 0.893 bits per heavy atom. The topological polar surface area (TPSA) is 56.9 Å². The molecule has 3 aromatic carbocycles. The number of anilines is 2. The van der Waals surface area contributed by atoms with Crippen LogP contribution in [0.25, 0.3) is 22.2 Å². The zero-order valence-electron chi connectivity index (χ0n) is 16.0. The highest BCUT2D eigenvalue weighted by Gasteiger charge is 2.16. The Balaban J connectivity index is 1.70. The van der Waals surface area contributed by atoms with E-state index < -0.39 is 0 Å². The summed E-state index contributed by atoms with van der Waals surface area (Å²) in [6.45, 7) is 4.11. The number of hydrogen-bond acceptors (Lipinski definition) is 1. The van der Waals surface area contributed by atoms with Crippen molar-refractivity contribution in [2.24, 2.45) is 0 Å². The van der Waals surface area contributed by atoms with Crippen LogP contribution in [0.1, 0.15) is 18.1 Å². The van der Waals surface area contributed by atoms with Crippen molar-refractivity contribution < 1.29 is 4.79 Å². The van der Waals surface area contributed by atoms with Crippen LogP contribution in [0.5, 0.6) is 0 Å². The molecule has 0 aliphatic heterocycles. The molecule has 0 spiro atoms. The molecular weight excluding hydrogens is 346 g/mol. The van der Waals surface area contributed by atoms with Crippen molar-refractivity contribution in [2.75, 3.05) is 10.6 Å². The first-order valence-corrected chi connectivity index (χ1v) is 9.49. The third-order valence-electron chi connectivity index (χ3n) is 4.99. The normalized spacial score (nSPS) is 10.8. The largest absolute Gasteiger partial charge is 0.353 e. The zero-order chi connectivity index (χ0) is 19.5. The molecule has 0 aliphatic carbocycles. The van der Waals surface area contributed by atoms with Gasteiger partial charge >= 0.3 is 6.03 Å². The number of benzene rings is 3. The SMILES string of the molecule is CCc1ccc(-c2[nH]c3ccccc3c2NC(=O)Nc2ccccc2C)cc1. The van der Waals surface area contributed by atoms with Crippen LogP contribution in [0, 0.1) is 6.92 Å². The van der Waals surface area contributed by atoms with Crippen LogP contribution in [0.3, 0.4) is 0 Å². The van der Waals surface area contributed by atoms with Crippen LogP contribution in [0.15, 0.2) is 72.8 Å². The van der Waals surface area contributed by atoms with Crippen molar-refractivity contribution in [3.63, 3.8) is 0 Å². The fourth-order valence-electron chi connectivity index (χ4n) is 3.38. The first kappa shape index (κ1) is 17.9. The monoisotopic (exact) mass is 369 g/mol. The average molecular weight is 369 g/mol. The summed E-state index contributed by atoms with van der Waals surface area (Å²) in [4.78, 5) is 16.2. The molecule has 4 nitrogen and oxygen atoms in total. The Morgan fingerprint density at radius 2 is 1.61 bits per heavy atom. The Bertz CT molecular complexity index is 1130. The molecule has 0 atom stereocenters. The van der Waals surface area contributed by atoms with Crippen LogP contribution < -0.4 is 10.6 Å². The van der Waals surface area contributed by atoms with Crippen LogP contribution in [-0.2, 0) is 6.42 Å². The number of carbonyl (C=O) groups excluding carboxylic acids is 1. The second kappa shape index (κ2) is 7.61. The molecular formula is C24H23N3O. The van der Waals surface area contributed by atoms with Gasteiger partial charge in [-0.25, -0.2) is 4.79 Å². The van der Waals surface area contributed by atoms with Crippen LogP contribution in [0.4, 0.5) is 16.2 Å². The van der Waals surface area contributed by atoms with E-state index >= 15 is 0 Å². The Labute approximate surface area is 164 Å². The molecule has 4 aromatic rings. The first-order chi connectivity index (χ1) is 13.7. The van der Waals surface area contributed by atoms with E-state index in [4.69, 9.17) is 0 Å². The molecule has 1 heterocycles. The van der Waals surface area contributed by atoms with Crippen LogP contribution >= 0.6 is 0 Å². The van der Waals surface area contributed by atoms with E-state index in [9.17, 15) is 4.79 Å². The second-order valence-corrected chi connectivity index (χ2v) is 6.87. The third-order valence-corrected chi connectivity index (χ3v) is 4.99. The highest BCUT2D eigenvalue weighted by molar-refractivity contribution is 6.10. The van der Waals surface area contributed by atoms with E-state index in [-0.39, 0.29) is 6.03 Å². The number of aromatic amines is 1. The smallest absolute Gasteiger partial charge is 0.323 e.